The Morgan fingerprint density at radius 2 is 2.31 bits per heavy atom. The van der Waals surface area contributed by atoms with Gasteiger partial charge in [-0.15, -0.1) is 10.2 Å². The maximum Gasteiger partial charge on any atom is 0.269 e. The van der Waals surface area contributed by atoms with Crippen molar-refractivity contribution < 1.29 is 9.53 Å². The number of methoxy groups -OCH3 is 1. The highest BCUT2D eigenvalue weighted by molar-refractivity contribution is 5.90. The summed E-state index contributed by atoms with van der Waals surface area (Å²) in [4.78, 5) is 10.7. The van der Waals surface area contributed by atoms with E-state index >= 15 is 0 Å². The molecule has 0 aliphatic carbocycles. The maximum absolute atomic E-state index is 10.7. The topological polar surface area (TPSA) is 90.1 Å². The van der Waals surface area contributed by atoms with E-state index in [1.54, 1.807) is 19.2 Å². The Morgan fingerprint density at radius 1 is 1.56 bits per heavy atom. The largest absolute Gasteiger partial charge is 0.384 e. The second kappa shape index (κ2) is 6.02. The molecule has 0 aromatic carbocycles. The molecule has 0 saturated heterocycles. The average Bonchev–Trinajstić information content (AvgIpc) is 2.27. The van der Waals surface area contributed by atoms with Gasteiger partial charge in [-0.25, -0.2) is 0 Å². The molecule has 3 N–H and O–H groups in total. The van der Waals surface area contributed by atoms with E-state index in [1.807, 2.05) is 0 Å². The van der Waals surface area contributed by atoms with E-state index in [0.717, 1.165) is 6.54 Å². The summed E-state index contributed by atoms with van der Waals surface area (Å²) in [5, 5.41) is 10.6. The molecule has 0 fully saturated rings. The molecule has 1 unspecified atom stereocenters. The molecule has 0 saturated carbocycles. The quantitative estimate of drug-likeness (QED) is 0.723. The van der Waals surface area contributed by atoms with E-state index in [4.69, 9.17) is 10.5 Å². The number of primary amides is 1. The molecule has 1 atom stereocenters. The number of anilines is 1. The zero-order chi connectivity index (χ0) is 12.0. The number of carbonyl (C=O) groups excluding carboxylic acids is 1. The van der Waals surface area contributed by atoms with Gasteiger partial charge < -0.3 is 15.8 Å². The molecule has 0 bridgehead atoms. The summed E-state index contributed by atoms with van der Waals surface area (Å²) in [6.07, 6.45) is 0. The van der Waals surface area contributed by atoms with Crippen LogP contribution in [0, 0.1) is 5.92 Å². The van der Waals surface area contributed by atoms with Crippen molar-refractivity contribution in [1.29, 1.82) is 0 Å². The number of nitrogens with one attached hydrogen (secondary N) is 1. The van der Waals surface area contributed by atoms with Crippen molar-refractivity contribution in [2.45, 2.75) is 6.92 Å². The number of carbonyl (C=O) groups is 1. The third kappa shape index (κ3) is 3.82. The summed E-state index contributed by atoms with van der Waals surface area (Å²) in [7, 11) is 1.66. The molecule has 1 aromatic heterocycles. The SMILES string of the molecule is COCC(C)CNc1ccc(C(N)=O)nn1. The Bertz CT molecular complexity index is 339. The molecule has 0 spiro atoms. The first-order chi connectivity index (χ1) is 7.63. The fraction of sp³-hybridized carbons (Fsp3) is 0.500. The van der Waals surface area contributed by atoms with Crippen LogP contribution in [0.1, 0.15) is 17.4 Å². The summed E-state index contributed by atoms with van der Waals surface area (Å²) in [6.45, 7) is 3.47. The third-order valence-electron chi connectivity index (χ3n) is 2.00. The van der Waals surface area contributed by atoms with Crippen molar-refractivity contribution in [3.63, 3.8) is 0 Å². The van der Waals surface area contributed by atoms with Gasteiger partial charge in [-0.2, -0.15) is 0 Å². The zero-order valence-corrected chi connectivity index (χ0v) is 9.43. The Hall–Kier alpha value is -1.69. The van der Waals surface area contributed by atoms with E-state index in [0.29, 0.717) is 18.3 Å². The van der Waals surface area contributed by atoms with E-state index in [2.05, 4.69) is 22.4 Å². The van der Waals surface area contributed by atoms with Gasteiger partial charge in [0.2, 0.25) is 0 Å². The highest BCUT2D eigenvalue weighted by Crippen LogP contribution is 2.03. The molecule has 1 aromatic rings. The molecule has 1 rings (SSSR count). The highest BCUT2D eigenvalue weighted by atomic mass is 16.5. The van der Waals surface area contributed by atoms with E-state index in [-0.39, 0.29) is 5.69 Å². The van der Waals surface area contributed by atoms with Crippen LogP contribution in [0.4, 0.5) is 5.82 Å². The lowest BCUT2D eigenvalue weighted by molar-refractivity contribution is 0.0994. The van der Waals surface area contributed by atoms with Gasteiger partial charge in [-0.05, 0) is 18.1 Å². The average molecular weight is 224 g/mol. The van der Waals surface area contributed by atoms with Crippen LogP contribution in [-0.2, 0) is 4.74 Å². The number of rotatable bonds is 6. The zero-order valence-electron chi connectivity index (χ0n) is 9.43. The standard InChI is InChI=1S/C10H16N4O2/c1-7(6-16-2)5-12-9-4-3-8(10(11)15)13-14-9/h3-4,7H,5-6H2,1-2H3,(H2,11,15)(H,12,14). The van der Waals surface area contributed by atoms with Crippen molar-refractivity contribution in [2.75, 3.05) is 25.6 Å². The minimum absolute atomic E-state index is 0.162. The van der Waals surface area contributed by atoms with Gasteiger partial charge in [0.15, 0.2) is 5.69 Å². The number of aromatic nitrogens is 2. The van der Waals surface area contributed by atoms with Crippen LogP contribution in [0.2, 0.25) is 0 Å². The molecular weight excluding hydrogens is 208 g/mol. The van der Waals surface area contributed by atoms with Gasteiger partial charge in [-0.3, -0.25) is 4.79 Å². The van der Waals surface area contributed by atoms with Crippen molar-refractivity contribution in [1.82, 2.24) is 10.2 Å². The highest BCUT2D eigenvalue weighted by Gasteiger charge is 2.04. The lowest BCUT2D eigenvalue weighted by Crippen LogP contribution is -2.18. The van der Waals surface area contributed by atoms with Gasteiger partial charge in [0.1, 0.15) is 5.82 Å². The molecule has 0 aliphatic heterocycles. The fourth-order valence-corrected chi connectivity index (χ4v) is 1.18. The van der Waals surface area contributed by atoms with Crippen LogP contribution in [0.3, 0.4) is 0 Å². The number of hydrogen-bond donors (Lipinski definition) is 2. The van der Waals surface area contributed by atoms with Crippen molar-refractivity contribution in [2.24, 2.45) is 11.7 Å². The minimum Gasteiger partial charge on any atom is -0.384 e. The molecule has 6 heteroatoms. The minimum atomic E-state index is -0.577. The lowest BCUT2D eigenvalue weighted by atomic mass is 10.2. The van der Waals surface area contributed by atoms with Crippen LogP contribution in [0.15, 0.2) is 12.1 Å². The van der Waals surface area contributed by atoms with E-state index in [9.17, 15) is 4.79 Å². The van der Waals surface area contributed by atoms with Gasteiger partial charge in [0.25, 0.3) is 5.91 Å². The Morgan fingerprint density at radius 3 is 2.81 bits per heavy atom. The number of amides is 1. The molecule has 0 radical (unpaired) electrons. The number of hydrogen-bond acceptors (Lipinski definition) is 5. The van der Waals surface area contributed by atoms with Gasteiger partial charge in [0.05, 0.1) is 6.61 Å². The first-order valence-electron chi connectivity index (χ1n) is 5.00. The smallest absolute Gasteiger partial charge is 0.269 e. The summed E-state index contributed by atoms with van der Waals surface area (Å²) < 4.78 is 5.01. The van der Waals surface area contributed by atoms with Crippen LogP contribution < -0.4 is 11.1 Å². The second-order valence-corrected chi connectivity index (χ2v) is 3.61. The lowest BCUT2D eigenvalue weighted by Gasteiger charge is -2.11. The number of ether oxygens (including phenoxy) is 1. The van der Waals surface area contributed by atoms with E-state index in [1.165, 1.54) is 0 Å². The van der Waals surface area contributed by atoms with Gasteiger partial charge in [-0.1, -0.05) is 6.92 Å². The monoisotopic (exact) mass is 224 g/mol. The van der Waals surface area contributed by atoms with Crippen LogP contribution in [0.25, 0.3) is 0 Å². The van der Waals surface area contributed by atoms with Crippen LogP contribution >= 0.6 is 0 Å². The Labute approximate surface area is 94.2 Å². The third-order valence-corrected chi connectivity index (χ3v) is 2.00. The number of nitrogens with zero attached hydrogens (tertiary/aromatic N) is 2. The molecule has 1 heterocycles. The summed E-state index contributed by atoms with van der Waals surface area (Å²) >= 11 is 0. The summed E-state index contributed by atoms with van der Waals surface area (Å²) in [5.41, 5.74) is 5.21. The second-order valence-electron chi connectivity index (χ2n) is 3.61. The first-order valence-corrected chi connectivity index (χ1v) is 5.00. The normalized spacial score (nSPS) is 12.1. The molecule has 88 valence electrons. The molecule has 6 nitrogen and oxygen atoms in total. The van der Waals surface area contributed by atoms with Crippen molar-refractivity contribution >= 4 is 11.7 Å². The predicted octanol–water partition coefficient (Wildman–Crippen LogP) is 0.270. The molecular formula is C10H16N4O2. The van der Waals surface area contributed by atoms with Gasteiger partial charge in [0, 0.05) is 13.7 Å². The fourth-order valence-electron chi connectivity index (χ4n) is 1.18. The maximum atomic E-state index is 10.7. The predicted molar refractivity (Wildman–Crippen MR) is 60.1 cm³/mol. The summed E-state index contributed by atoms with van der Waals surface area (Å²) in [6, 6.07) is 3.21. The van der Waals surface area contributed by atoms with E-state index < -0.39 is 5.91 Å². The molecule has 1 amide bonds. The van der Waals surface area contributed by atoms with Crippen LogP contribution in [-0.4, -0.2) is 36.4 Å². The summed E-state index contributed by atoms with van der Waals surface area (Å²) in [5.74, 6) is 0.419. The Kier molecular flexibility index (Phi) is 4.65. The number of nitrogens with two attached hydrogens (primary N) is 1. The van der Waals surface area contributed by atoms with Gasteiger partial charge >= 0.3 is 0 Å². The van der Waals surface area contributed by atoms with Crippen molar-refractivity contribution in [3.8, 4) is 0 Å². The molecule has 0 aliphatic rings. The Balaban J connectivity index is 2.46. The molecule has 16 heavy (non-hydrogen) atoms. The first kappa shape index (κ1) is 12.4. The van der Waals surface area contributed by atoms with Crippen LogP contribution in [0.5, 0.6) is 0 Å². The van der Waals surface area contributed by atoms with Crippen molar-refractivity contribution in [3.05, 3.63) is 17.8 Å².